The van der Waals surface area contributed by atoms with Crippen LogP contribution in [0.4, 0.5) is 10.5 Å². The second-order valence-electron chi connectivity index (χ2n) is 5.83. The van der Waals surface area contributed by atoms with Crippen LogP contribution in [-0.2, 0) is 11.3 Å². The molecule has 1 unspecified atom stereocenters. The SMILES string of the molecule is CC1(C)NC(=O)N(Cc2ccc(NCC(O)CCl)cc2)C1=O. The first-order chi connectivity index (χ1) is 10.3. The molecule has 0 radical (unpaired) electrons. The van der Waals surface area contributed by atoms with E-state index >= 15 is 0 Å². The molecule has 3 N–H and O–H groups in total. The van der Waals surface area contributed by atoms with Crippen molar-refractivity contribution in [1.29, 1.82) is 0 Å². The van der Waals surface area contributed by atoms with Gasteiger partial charge in [-0.2, -0.15) is 0 Å². The van der Waals surface area contributed by atoms with Crippen LogP contribution in [0, 0.1) is 0 Å². The molecule has 1 aliphatic heterocycles. The molecule has 120 valence electrons. The van der Waals surface area contributed by atoms with Crippen molar-refractivity contribution in [2.24, 2.45) is 0 Å². The molecule has 6 nitrogen and oxygen atoms in total. The molecule has 1 aliphatic rings. The Hall–Kier alpha value is -1.79. The van der Waals surface area contributed by atoms with Crippen LogP contribution in [0.1, 0.15) is 19.4 Å². The number of nitrogens with zero attached hydrogens (tertiary/aromatic N) is 1. The highest BCUT2D eigenvalue weighted by Crippen LogP contribution is 2.20. The van der Waals surface area contributed by atoms with Crippen LogP contribution in [0.15, 0.2) is 24.3 Å². The number of alkyl halides is 1. The van der Waals surface area contributed by atoms with Crippen LogP contribution in [0.25, 0.3) is 0 Å². The van der Waals surface area contributed by atoms with E-state index in [0.717, 1.165) is 11.3 Å². The van der Waals surface area contributed by atoms with Crippen molar-refractivity contribution >= 4 is 29.2 Å². The van der Waals surface area contributed by atoms with Crippen LogP contribution in [-0.4, -0.2) is 46.0 Å². The predicted molar refractivity (Wildman–Crippen MR) is 84.8 cm³/mol. The Labute approximate surface area is 134 Å². The lowest BCUT2D eigenvalue weighted by Gasteiger charge is -2.16. The maximum absolute atomic E-state index is 12.1. The molecule has 1 fully saturated rings. The largest absolute Gasteiger partial charge is 0.390 e. The fourth-order valence-electron chi connectivity index (χ4n) is 2.16. The number of halogens is 1. The zero-order chi connectivity index (χ0) is 16.3. The highest BCUT2D eigenvalue weighted by atomic mass is 35.5. The number of nitrogens with one attached hydrogen (secondary N) is 2. The summed E-state index contributed by atoms with van der Waals surface area (Å²) in [5, 5.41) is 15.1. The number of carbonyl (C=O) groups excluding carboxylic acids is 2. The van der Waals surface area contributed by atoms with E-state index in [4.69, 9.17) is 11.6 Å². The van der Waals surface area contributed by atoms with E-state index in [1.807, 2.05) is 24.3 Å². The number of carbonyl (C=O) groups is 2. The molecular weight excluding hydrogens is 306 g/mol. The number of imide groups is 1. The Kier molecular flexibility index (Phi) is 4.93. The van der Waals surface area contributed by atoms with Crippen molar-refractivity contribution in [3.63, 3.8) is 0 Å². The zero-order valence-electron chi connectivity index (χ0n) is 12.6. The first-order valence-corrected chi connectivity index (χ1v) is 7.58. The van der Waals surface area contributed by atoms with Gasteiger partial charge in [0.05, 0.1) is 18.5 Å². The maximum Gasteiger partial charge on any atom is 0.325 e. The van der Waals surface area contributed by atoms with Crippen LogP contribution in [0.3, 0.4) is 0 Å². The van der Waals surface area contributed by atoms with Gasteiger partial charge in [0.1, 0.15) is 5.54 Å². The van der Waals surface area contributed by atoms with Crippen molar-refractivity contribution in [2.45, 2.75) is 32.0 Å². The Bertz CT molecular complexity index is 560. The molecule has 3 amide bonds. The molecule has 1 heterocycles. The second-order valence-corrected chi connectivity index (χ2v) is 6.14. The summed E-state index contributed by atoms with van der Waals surface area (Å²) in [5.74, 6) is -0.0579. The van der Waals surface area contributed by atoms with E-state index < -0.39 is 11.6 Å². The Morgan fingerprint density at radius 3 is 2.45 bits per heavy atom. The summed E-state index contributed by atoms with van der Waals surface area (Å²) in [4.78, 5) is 25.1. The topological polar surface area (TPSA) is 81.7 Å². The van der Waals surface area contributed by atoms with Crippen LogP contribution in [0.2, 0.25) is 0 Å². The average molecular weight is 326 g/mol. The minimum Gasteiger partial charge on any atom is -0.390 e. The Balaban J connectivity index is 1.97. The van der Waals surface area contributed by atoms with Gasteiger partial charge in [0.15, 0.2) is 0 Å². The first kappa shape index (κ1) is 16.6. The lowest BCUT2D eigenvalue weighted by atomic mass is 10.1. The molecule has 7 heteroatoms. The second kappa shape index (κ2) is 6.54. The van der Waals surface area contributed by atoms with E-state index in [1.165, 1.54) is 4.90 Å². The van der Waals surface area contributed by atoms with Gasteiger partial charge in [-0.1, -0.05) is 12.1 Å². The Morgan fingerprint density at radius 1 is 1.32 bits per heavy atom. The van der Waals surface area contributed by atoms with Crippen molar-refractivity contribution in [1.82, 2.24) is 10.2 Å². The summed E-state index contributed by atoms with van der Waals surface area (Å²) >= 11 is 5.52. The minimum absolute atomic E-state index is 0.174. The number of anilines is 1. The fourth-order valence-corrected chi connectivity index (χ4v) is 2.27. The van der Waals surface area contributed by atoms with Gasteiger partial charge >= 0.3 is 6.03 Å². The zero-order valence-corrected chi connectivity index (χ0v) is 13.4. The quantitative estimate of drug-likeness (QED) is 0.547. The van der Waals surface area contributed by atoms with Crippen LogP contribution < -0.4 is 10.6 Å². The summed E-state index contributed by atoms with van der Waals surface area (Å²) in [6, 6.07) is 6.96. The lowest BCUT2D eigenvalue weighted by molar-refractivity contribution is -0.130. The monoisotopic (exact) mass is 325 g/mol. The predicted octanol–water partition coefficient (Wildman–Crippen LogP) is 1.53. The summed E-state index contributed by atoms with van der Waals surface area (Å²) in [6.45, 7) is 3.97. The third-order valence-corrected chi connectivity index (χ3v) is 3.82. The number of benzene rings is 1. The van der Waals surface area contributed by atoms with Gasteiger partial charge in [-0.15, -0.1) is 11.6 Å². The van der Waals surface area contributed by atoms with Crippen LogP contribution >= 0.6 is 11.6 Å². The van der Waals surface area contributed by atoms with E-state index in [1.54, 1.807) is 13.8 Å². The third-order valence-electron chi connectivity index (χ3n) is 3.46. The molecular formula is C15H20ClN3O3. The Morgan fingerprint density at radius 2 is 1.95 bits per heavy atom. The standard InChI is InChI=1S/C15H20ClN3O3/c1-15(2)13(21)19(14(22)18-15)9-10-3-5-11(6-4-10)17-8-12(20)7-16/h3-6,12,17,20H,7-9H2,1-2H3,(H,18,22). The number of hydrogen-bond donors (Lipinski definition) is 3. The van der Waals surface area contributed by atoms with Gasteiger partial charge in [-0.3, -0.25) is 9.69 Å². The highest BCUT2D eigenvalue weighted by molar-refractivity contribution is 6.18. The van der Waals surface area contributed by atoms with E-state index in [2.05, 4.69) is 10.6 Å². The van der Waals surface area contributed by atoms with Crippen LogP contribution in [0.5, 0.6) is 0 Å². The van der Waals surface area contributed by atoms with E-state index in [9.17, 15) is 14.7 Å². The number of rotatable bonds is 6. The molecule has 2 rings (SSSR count). The third kappa shape index (κ3) is 3.69. The molecule has 0 bridgehead atoms. The molecule has 0 aliphatic carbocycles. The molecule has 1 aromatic carbocycles. The fraction of sp³-hybridized carbons (Fsp3) is 0.467. The normalized spacial score (nSPS) is 18.3. The van der Waals surface area contributed by atoms with Gasteiger partial charge in [0.25, 0.3) is 5.91 Å². The minimum atomic E-state index is -0.851. The first-order valence-electron chi connectivity index (χ1n) is 7.04. The van der Waals surface area contributed by atoms with Gasteiger partial charge < -0.3 is 15.7 Å². The number of urea groups is 1. The molecule has 22 heavy (non-hydrogen) atoms. The summed E-state index contributed by atoms with van der Waals surface area (Å²) in [5.41, 5.74) is 0.839. The van der Waals surface area contributed by atoms with Crippen molar-refractivity contribution in [3.05, 3.63) is 29.8 Å². The van der Waals surface area contributed by atoms with E-state index in [-0.39, 0.29) is 24.4 Å². The van der Waals surface area contributed by atoms with Gasteiger partial charge in [-0.25, -0.2) is 4.79 Å². The molecule has 0 spiro atoms. The van der Waals surface area contributed by atoms with Crippen molar-refractivity contribution in [3.8, 4) is 0 Å². The van der Waals surface area contributed by atoms with Gasteiger partial charge in [0.2, 0.25) is 0 Å². The maximum atomic E-state index is 12.1. The summed E-state index contributed by atoms with van der Waals surface area (Å²) < 4.78 is 0. The number of aliphatic hydroxyl groups is 1. The molecule has 0 saturated carbocycles. The molecule has 1 saturated heterocycles. The average Bonchev–Trinajstić information content (AvgIpc) is 2.68. The summed E-state index contributed by atoms with van der Waals surface area (Å²) in [7, 11) is 0. The van der Waals surface area contributed by atoms with Gasteiger partial charge in [-0.05, 0) is 31.5 Å². The van der Waals surface area contributed by atoms with E-state index in [0.29, 0.717) is 6.54 Å². The van der Waals surface area contributed by atoms with Crippen molar-refractivity contribution < 1.29 is 14.7 Å². The lowest BCUT2D eigenvalue weighted by Crippen LogP contribution is -2.40. The molecule has 0 aromatic heterocycles. The van der Waals surface area contributed by atoms with Crippen molar-refractivity contribution in [2.75, 3.05) is 17.7 Å². The number of hydrogen-bond acceptors (Lipinski definition) is 4. The highest BCUT2D eigenvalue weighted by Gasteiger charge is 2.43. The summed E-state index contributed by atoms with van der Waals surface area (Å²) in [6.07, 6.45) is -0.602. The number of amides is 3. The molecule has 1 atom stereocenters. The smallest absolute Gasteiger partial charge is 0.325 e. The molecule has 1 aromatic rings. The van der Waals surface area contributed by atoms with Gasteiger partial charge in [0, 0.05) is 12.2 Å². The number of aliphatic hydroxyl groups excluding tert-OH is 1.